The molecule has 0 bridgehead atoms. The fourth-order valence-electron chi connectivity index (χ4n) is 1.62. The number of nitrogen functional groups attached to an aromatic ring is 1. The molecule has 0 saturated heterocycles. The molecule has 0 radical (unpaired) electrons. The summed E-state index contributed by atoms with van der Waals surface area (Å²) in [5, 5.41) is 0. The molecular formula is C12H13N3O2. The van der Waals surface area contributed by atoms with Gasteiger partial charge in [0.1, 0.15) is 5.76 Å². The molecule has 0 aliphatic heterocycles. The van der Waals surface area contributed by atoms with Crippen LogP contribution in [0.1, 0.15) is 0 Å². The third-order valence-electron chi connectivity index (χ3n) is 2.34. The summed E-state index contributed by atoms with van der Waals surface area (Å²) in [7, 11) is 3.84. The van der Waals surface area contributed by atoms with Crippen LogP contribution < -0.4 is 16.2 Å². The van der Waals surface area contributed by atoms with Crippen molar-refractivity contribution in [3.8, 4) is 11.3 Å². The van der Waals surface area contributed by atoms with Crippen LogP contribution in [-0.2, 0) is 0 Å². The molecule has 5 nitrogen and oxygen atoms in total. The summed E-state index contributed by atoms with van der Waals surface area (Å²) in [5.74, 6) is 0.423. The Kier molecular flexibility index (Phi) is 2.82. The highest BCUT2D eigenvalue weighted by Crippen LogP contribution is 2.29. The van der Waals surface area contributed by atoms with Crippen molar-refractivity contribution in [2.75, 3.05) is 24.7 Å². The molecule has 0 amide bonds. The Morgan fingerprint density at radius 1 is 1.29 bits per heavy atom. The normalized spacial score (nSPS) is 10.2. The van der Waals surface area contributed by atoms with E-state index in [9.17, 15) is 4.79 Å². The number of rotatable bonds is 2. The maximum Gasteiger partial charge on any atom is 0.295 e. The molecule has 0 spiro atoms. The molecule has 17 heavy (non-hydrogen) atoms. The SMILES string of the molecule is CN(C)c1ccccc1-c1cc(=O)nc(N)o1. The zero-order chi connectivity index (χ0) is 12.4. The Balaban J connectivity index is 2.64. The van der Waals surface area contributed by atoms with Crippen LogP contribution in [0.5, 0.6) is 0 Å². The minimum absolute atomic E-state index is 0.124. The summed E-state index contributed by atoms with van der Waals surface area (Å²) < 4.78 is 5.27. The van der Waals surface area contributed by atoms with Crippen LogP contribution in [0.3, 0.4) is 0 Å². The van der Waals surface area contributed by atoms with Gasteiger partial charge in [-0.05, 0) is 12.1 Å². The summed E-state index contributed by atoms with van der Waals surface area (Å²) in [6, 6.07) is 8.80. The van der Waals surface area contributed by atoms with E-state index in [4.69, 9.17) is 10.2 Å². The number of hydrogen-bond donors (Lipinski definition) is 1. The van der Waals surface area contributed by atoms with Gasteiger partial charge in [-0.25, -0.2) is 0 Å². The molecule has 1 aromatic carbocycles. The molecule has 0 atom stereocenters. The van der Waals surface area contributed by atoms with Gasteiger partial charge in [0.15, 0.2) is 0 Å². The van der Waals surface area contributed by atoms with E-state index in [1.54, 1.807) is 0 Å². The van der Waals surface area contributed by atoms with Gasteiger partial charge in [-0.2, -0.15) is 4.98 Å². The molecule has 1 aromatic heterocycles. The molecule has 2 N–H and O–H groups in total. The van der Waals surface area contributed by atoms with Crippen LogP contribution in [0.25, 0.3) is 11.3 Å². The highest BCUT2D eigenvalue weighted by atomic mass is 16.4. The Bertz CT molecular complexity index is 590. The van der Waals surface area contributed by atoms with Crippen molar-refractivity contribution in [2.45, 2.75) is 0 Å². The summed E-state index contributed by atoms with van der Waals surface area (Å²) in [5.41, 5.74) is 6.78. The zero-order valence-corrected chi connectivity index (χ0v) is 9.68. The Hall–Kier alpha value is -2.30. The Morgan fingerprint density at radius 3 is 2.65 bits per heavy atom. The van der Waals surface area contributed by atoms with Crippen LogP contribution in [0.15, 0.2) is 39.5 Å². The molecule has 2 aromatic rings. The van der Waals surface area contributed by atoms with Crippen molar-refractivity contribution < 1.29 is 4.42 Å². The van der Waals surface area contributed by atoms with Crippen LogP contribution in [-0.4, -0.2) is 19.1 Å². The predicted octanol–water partition coefficient (Wildman–Crippen LogP) is 1.35. The van der Waals surface area contributed by atoms with Gasteiger partial charge in [-0.3, -0.25) is 4.79 Å². The number of nitrogens with zero attached hydrogens (tertiary/aromatic N) is 2. The lowest BCUT2D eigenvalue weighted by Crippen LogP contribution is -2.11. The molecule has 0 fully saturated rings. The van der Waals surface area contributed by atoms with Gasteiger partial charge in [-0.15, -0.1) is 0 Å². The maximum absolute atomic E-state index is 11.3. The number of hydrogen-bond acceptors (Lipinski definition) is 5. The van der Waals surface area contributed by atoms with Crippen LogP contribution in [0.2, 0.25) is 0 Å². The van der Waals surface area contributed by atoms with Gasteiger partial charge in [0, 0.05) is 31.4 Å². The number of aromatic nitrogens is 1. The number of benzene rings is 1. The maximum atomic E-state index is 11.3. The molecule has 0 saturated carbocycles. The Morgan fingerprint density at radius 2 is 2.00 bits per heavy atom. The van der Waals surface area contributed by atoms with Crippen molar-refractivity contribution in [3.05, 3.63) is 40.7 Å². The monoisotopic (exact) mass is 231 g/mol. The summed E-state index contributed by atoms with van der Waals surface area (Å²) in [6.07, 6.45) is 0. The van der Waals surface area contributed by atoms with E-state index in [1.165, 1.54) is 6.07 Å². The van der Waals surface area contributed by atoms with E-state index >= 15 is 0 Å². The van der Waals surface area contributed by atoms with Gasteiger partial charge in [0.2, 0.25) is 0 Å². The van der Waals surface area contributed by atoms with Gasteiger partial charge >= 0.3 is 0 Å². The third-order valence-corrected chi connectivity index (χ3v) is 2.34. The average molecular weight is 231 g/mol. The van der Waals surface area contributed by atoms with Crippen LogP contribution in [0.4, 0.5) is 11.7 Å². The summed E-state index contributed by atoms with van der Waals surface area (Å²) in [4.78, 5) is 16.7. The second-order valence-electron chi connectivity index (χ2n) is 3.81. The topological polar surface area (TPSA) is 72.4 Å². The van der Waals surface area contributed by atoms with E-state index in [0.29, 0.717) is 5.76 Å². The molecule has 0 aliphatic carbocycles. The minimum atomic E-state index is -0.405. The number of anilines is 2. The van der Waals surface area contributed by atoms with Crippen molar-refractivity contribution >= 4 is 11.7 Å². The van der Waals surface area contributed by atoms with Crippen LogP contribution in [0, 0.1) is 0 Å². The van der Waals surface area contributed by atoms with E-state index in [1.807, 2.05) is 43.3 Å². The lowest BCUT2D eigenvalue weighted by Gasteiger charge is -2.16. The van der Waals surface area contributed by atoms with Crippen molar-refractivity contribution in [2.24, 2.45) is 0 Å². The highest BCUT2D eigenvalue weighted by Gasteiger charge is 2.10. The van der Waals surface area contributed by atoms with Crippen LogP contribution >= 0.6 is 0 Å². The van der Waals surface area contributed by atoms with E-state index < -0.39 is 5.56 Å². The van der Waals surface area contributed by atoms with Gasteiger partial charge in [-0.1, -0.05) is 12.1 Å². The standard InChI is InChI=1S/C12H13N3O2/c1-15(2)9-6-4-3-5-8(9)10-7-11(16)14-12(13)17-10/h3-7H,1-2H3,(H2,13,14,16). The lowest BCUT2D eigenvalue weighted by molar-refractivity contribution is 0.564. The average Bonchev–Trinajstić information content (AvgIpc) is 2.27. The predicted molar refractivity (Wildman–Crippen MR) is 66.9 cm³/mol. The summed E-state index contributed by atoms with van der Waals surface area (Å²) >= 11 is 0. The molecular weight excluding hydrogens is 218 g/mol. The zero-order valence-electron chi connectivity index (χ0n) is 9.68. The molecule has 0 aliphatic rings. The fraction of sp³-hybridized carbons (Fsp3) is 0.167. The second-order valence-corrected chi connectivity index (χ2v) is 3.81. The van der Waals surface area contributed by atoms with Crippen molar-refractivity contribution in [1.29, 1.82) is 0 Å². The molecule has 0 unspecified atom stereocenters. The van der Waals surface area contributed by atoms with Crippen molar-refractivity contribution in [1.82, 2.24) is 4.98 Å². The van der Waals surface area contributed by atoms with Gasteiger partial charge < -0.3 is 15.1 Å². The Labute approximate surface area is 98.5 Å². The first-order chi connectivity index (χ1) is 8.08. The summed E-state index contributed by atoms with van der Waals surface area (Å²) in [6.45, 7) is 0. The molecule has 1 heterocycles. The van der Waals surface area contributed by atoms with Gasteiger partial charge in [0.25, 0.3) is 11.6 Å². The molecule has 5 heteroatoms. The fourth-order valence-corrected chi connectivity index (χ4v) is 1.62. The first-order valence-corrected chi connectivity index (χ1v) is 5.12. The molecule has 88 valence electrons. The largest absolute Gasteiger partial charge is 0.425 e. The quantitative estimate of drug-likeness (QED) is 0.844. The molecule has 2 rings (SSSR count). The van der Waals surface area contributed by atoms with E-state index in [-0.39, 0.29) is 6.01 Å². The van der Waals surface area contributed by atoms with Crippen molar-refractivity contribution in [3.63, 3.8) is 0 Å². The third kappa shape index (κ3) is 2.28. The number of nitrogens with two attached hydrogens (primary N) is 1. The lowest BCUT2D eigenvalue weighted by atomic mass is 10.1. The van der Waals surface area contributed by atoms with Gasteiger partial charge in [0.05, 0.1) is 0 Å². The first kappa shape index (κ1) is 11.2. The smallest absolute Gasteiger partial charge is 0.295 e. The van der Waals surface area contributed by atoms with E-state index in [2.05, 4.69) is 4.98 Å². The highest BCUT2D eigenvalue weighted by molar-refractivity contribution is 5.74. The number of para-hydroxylation sites is 1. The first-order valence-electron chi connectivity index (χ1n) is 5.12. The minimum Gasteiger partial charge on any atom is -0.425 e. The second kappa shape index (κ2) is 4.29. The van der Waals surface area contributed by atoms with E-state index in [0.717, 1.165) is 11.3 Å².